The smallest absolute Gasteiger partial charge is 0.346 e. The number of nitrogens with zero attached hydrogens (tertiary/aromatic N) is 2. The number of rotatable bonds is 5. The first kappa shape index (κ1) is 21.9. The fourth-order valence-corrected chi connectivity index (χ4v) is 3.19. The summed E-state index contributed by atoms with van der Waals surface area (Å²) >= 11 is 5.86. The van der Waals surface area contributed by atoms with Gasteiger partial charge in [0, 0.05) is 10.6 Å². The van der Waals surface area contributed by atoms with Crippen LogP contribution in [-0.4, -0.2) is 22.1 Å². The number of hydrogen-bond acceptors (Lipinski definition) is 5. The lowest BCUT2D eigenvalue weighted by atomic mass is 9.89. The third-order valence-electron chi connectivity index (χ3n) is 4.37. The number of benzene rings is 2. The lowest BCUT2D eigenvalue weighted by Crippen LogP contribution is -2.53. The number of hydrogen-bond donors (Lipinski definition) is 2. The van der Waals surface area contributed by atoms with Gasteiger partial charge in [-0.05, 0) is 28.7 Å². The van der Waals surface area contributed by atoms with Crippen molar-refractivity contribution in [3.8, 4) is 0 Å². The van der Waals surface area contributed by atoms with E-state index in [1.165, 1.54) is 18.2 Å². The first-order valence-corrected chi connectivity index (χ1v) is 9.28. The molecule has 1 aromatic heterocycles. The summed E-state index contributed by atoms with van der Waals surface area (Å²) in [7, 11) is 2.21. The van der Waals surface area contributed by atoms with Crippen molar-refractivity contribution in [3.05, 3.63) is 74.1 Å². The van der Waals surface area contributed by atoms with Gasteiger partial charge in [0.1, 0.15) is 5.82 Å². The van der Waals surface area contributed by atoms with Gasteiger partial charge < -0.3 is 10.3 Å². The van der Waals surface area contributed by atoms with Crippen LogP contribution in [0.3, 0.4) is 0 Å². The Balaban J connectivity index is 1.97. The molecule has 0 radical (unpaired) electrons. The summed E-state index contributed by atoms with van der Waals surface area (Å²) in [5, 5.41) is 4.71. The molecule has 2 aromatic carbocycles. The number of nitroso groups, excluding NO2 is 1. The maximum Gasteiger partial charge on any atom is 0.430 e. The number of nitrogens with one attached hydrogen (secondary N) is 2. The average Bonchev–Trinajstić information content (AvgIpc) is 2.69. The third kappa shape index (κ3) is 3.80. The van der Waals surface area contributed by atoms with Crippen molar-refractivity contribution in [2.24, 2.45) is 5.18 Å². The first-order valence-electron chi connectivity index (χ1n) is 8.33. The van der Waals surface area contributed by atoms with E-state index in [0.29, 0.717) is 10.8 Å². The van der Waals surface area contributed by atoms with Crippen LogP contribution in [0.2, 0.25) is 5.02 Å². The molecule has 0 saturated carbocycles. The van der Waals surface area contributed by atoms with E-state index >= 15 is 0 Å². The monoisotopic (exact) mass is 456 g/mol. The minimum atomic E-state index is -5.35. The van der Waals surface area contributed by atoms with Gasteiger partial charge in [0.15, 0.2) is 0 Å². The van der Waals surface area contributed by atoms with Crippen molar-refractivity contribution >= 4 is 43.0 Å². The zero-order valence-corrected chi connectivity index (χ0v) is 16.9. The van der Waals surface area contributed by atoms with Gasteiger partial charge >= 0.3 is 6.18 Å². The van der Waals surface area contributed by atoms with Crippen molar-refractivity contribution in [2.75, 3.05) is 0 Å². The van der Waals surface area contributed by atoms with E-state index in [1.807, 2.05) is 5.32 Å². The van der Waals surface area contributed by atoms with E-state index < -0.39 is 35.3 Å². The molecule has 0 aliphatic heterocycles. The van der Waals surface area contributed by atoms with Crippen LogP contribution in [0.1, 0.15) is 11.4 Å². The highest BCUT2D eigenvalue weighted by atomic mass is 35.5. The summed E-state index contributed by atoms with van der Waals surface area (Å²) in [6, 6.07) is 9.32. The molecule has 12 heteroatoms. The molecular formula is C18H13ClF3N4O3P. The van der Waals surface area contributed by atoms with Crippen LogP contribution in [0.5, 0.6) is 0 Å². The molecule has 0 fully saturated rings. The average molecular weight is 457 g/mol. The fraction of sp³-hybridized carbons (Fsp3) is 0.167. The molecular weight excluding hydrogens is 444 g/mol. The highest BCUT2D eigenvalue weighted by Gasteiger charge is 2.64. The number of halogens is 4. The largest absolute Gasteiger partial charge is 0.430 e. The van der Waals surface area contributed by atoms with Crippen LogP contribution in [0.25, 0.3) is 10.9 Å². The number of H-pyrrole nitrogens is 1. The Morgan fingerprint density at radius 1 is 1.23 bits per heavy atom. The minimum absolute atomic E-state index is 0.0904. The number of carbonyl (C=O) groups is 1. The summed E-state index contributed by atoms with van der Waals surface area (Å²) in [6.45, 7) is -0.568. The molecule has 1 amide bonds. The summed E-state index contributed by atoms with van der Waals surface area (Å²) in [5.74, 6) is -1.82. The van der Waals surface area contributed by atoms with Gasteiger partial charge in [-0.3, -0.25) is 9.59 Å². The van der Waals surface area contributed by atoms with Crippen LogP contribution < -0.4 is 16.2 Å². The lowest BCUT2D eigenvalue weighted by molar-refractivity contribution is -0.194. The summed E-state index contributed by atoms with van der Waals surface area (Å²) in [4.78, 5) is 42.5. The Bertz CT molecular complexity index is 1200. The number of fused-ring (bicyclic) bond motifs is 1. The van der Waals surface area contributed by atoms with Crippen molar-refractivity contribution in [1.82, 2.24) is 15.3 Å². The zero-order chi connectivity index (χ0) is 22.1. The lowest BCUT2D eigenvalue weighted by Gasteiger charge is -2.28. The second-order valence-corrected chi connectivity index (χ2v) is 7.28. The zero-order valence-electron chi connectivity index (χ0n) is 15.0. The molecule has 156 valence electrons. The Kier molecular flexibility index (Phi) is 5.92. The predicted molar refractivity (Wildman–Crippen MR) is 109 cm³/mol. The fourth-order valence-electron chi connectivity index (χ4n) is 2.83. The minimum Gasteiger partial charge on any atom is -0.346 e. The quantitative estimate of drug-likeness (QED) is 0.455. The van der Waals surface area contributed by atoms with Crippen molar-refractivity contribution in [2.45, 2.75) is 18.3 Å². The molecule has 7 nitrogen and oxygen atoms in total. The highest BCUT2D eigenvalue weighted by molar-refractivity contribution is 7.28. The van der Waals surface area contributed by atoms with E-state index in [9.17, 15) is 27.7 Å². The van der Waals surface area contributed by atoms with E-state index in [1.54, 1.807) is 12.1 Å². The molecule has 3 aromatic rings. The van der Waals surface area contributed by atoms with Gasteiger partial charge in [-0.1, -0.05) is 35.9 Å². The van der Waals surface area contributed by atoms with Gasteiger partial charge in [-0.25, -0.2) is 4.98 Å². The molecule has 2 unspecified atom stereocenters. The number of para-hydroxylation sites is 1. The van der Waals surface area contributed by atoms with Gasteiger partial charge in [0.05, 0.1) is 17.4 Å². The third-order valence-corrected chi connectivity index (χ3v) is 5.39. The van der Waals surface area contributed by atoms with E-state index in [-0.39, 0.29) is 16.2 Å². The molecule has 0 aliphatic rings. The Morgan fingerprint density at radius 3 is 2.57 bits per heavy atom. The van der Waals surface area contributed by atoms with Crippen LogP contribution in [0.15, 0.2) is 52.4 Å². The number of carbonyl (C=O) groups excluding carboxylic acids is 1. The molecule has 1 heterocycles. The van der Waals surface area contributed by atoms with Gasteiger partial charge in [0.2, 0.25) is 0 Å². The molecule has 30 heavy (non-hydrogen) atoms. The van der Waals surface area contributed by atoms with Crippen molar-refractivity contribution in [3.63, 3.8) is 0 Å². The molecule has 0 bridgehead atoms. The van der Waals surface area contributed by atoms with Gasteiger partial charge in [0.25, 0.3) is 17.0 Å². The second-order valence-electron chi connectivity index (χ2n) is 6.25. The van der Waals surface area contributed by atoms with Crippen LogP contribution in [-0.2, 0) is 16.9 Å². The summed E-state index contributed by atoms with van der Waals surface area (Å²) in [5.41, 5.74) is -4.70. The maximum absolute atomic E-state index is 13.9. The van der Waals surface area contributed by atoms with Crippen LogP contribution >= 0.6 is 20.8 Å². The van der Waals surface area contributed by atoms with E-state index in [4.69, 9.17) is 11.6 Å². The van der Waals surface area contributed by atoms with Gasteiger partial charge in [-0.15, -0.1) is 14.1 Å². The topological polar surface area (TPSA) is 104 Å². The molecule has 3 rings (SSSR count). The normalized spacial score (nSPS) is 13.6. The summed E-state index contributed by atoms with van der Waals surface area (Å²) < 4.78 is 41.6. The highest BCUT2D eigenvalue weighted by Crippen LogP contribution is 2.43. The molecule has 0 saturated heterocycles. The summed E-state index contributed by atoms with van der Waals surface area (Å²) in [6.07, 6.45) is -5.35. The second kappa shape index (κ2) is 8.12. The molecule has 2 atom stereocenters. The molecule has 0 aliphatic carbocycles. The number of aromatic nitrogens is 2. The number of amides is 1. The van der Waals surface area contributed by atoms with Crippen LogP contribution in [0.4, 0.5) is 13.2 Å². The maximum atomic E-state index is 13.9. The van der Waals surface area contributed by atoms with E-state index in [2.05, 4.69) is 24.4 Å². The van der Waals surface area contributed by atoms with Crippen molar-refractivity contribution < 1.29 is 18.0 Å². The molecule has 2 N–H and O–H groups in total. The standard InChI is InChI=1S/C18H13ClF3N4O3P/c19-11-7-9(5-6-13(11)30)17(26-29,18(20,21)22)16(28)23-8-14-24-12-4-2-1-3-10(12)15(27)25-14/h1-7H,8,30H2,(H,23,28)(H,24,25,27). The van der Waals surface area contributed by atoms with Crippen LogP contribution in [0, 0.1) is 4.91 Å². The van der Waals surface area contributed by atoms with E-state index in [0.717, 1.165) is 12.1 Å². The SMILES string of the molecule is O=NC(C(=O)NCc1nc2ccccc2c(=O)[nH]1)(c1ccc(P)c(Cl)c1)C(F)(F)F. The Morgan fingerprint density at radius 2 is 1.93 bits per heavy atom. The molecule has 0 spiro atoms. The Hall–Kier alpha value is -2.84. The van der Waals surface area contributed by atoms with Crippen molar-refractivity contribution in [1.29, 1.82) is 0 Å². The number of aromatic amines is 1. The predicted octanol–water partition coefficient (Wildman–Crippen LogP) is 2.92. The van der Waals surface area contributed by atoms with Gasteiger partial charge in [-0.2, -0.15) is 13.2 Å². The first-order chi connectivity index (χ1) is 14.1. The number of alkyl halides is 3. The Labute approximate surface area is 174 Å².